The molecular weight excluding hydrogens is 300 g/mol. The highest BCUT2D eigenvalue weighted by molar-refractivity contribution is 5.75. The van der Waals surface area contributed by atoms with Crippen molar-refractivity contribution in [3.8, 4) is 0 Å². The van der Waals surface area contributed by atoms with E-state index in [2.05, 4.69) is 20.8 Å². The summed E-state index contributed by atoms with van der Waals surface area (Å²) in [5, 5.41) is 21.1. The van der Waals surface area contributed by atoms with Crippen LogP contribution < -0.4 is 0 Å². The molecule has 4 rings (SSSR count). The molecule has 4 aliphatic carbocycles. The number of carboxylic acids is 1. The molecule has 2 bridgehead atoms. The van der Waals surface area contributed by atoms with Crippen LogP contribution in [0, 0.1) is 33.5 Å². The minimum atomic E-state index is -0.589. The molecule has 4 fully saturated rings. The van der Waals surface area contributed by atoms with Crippen LogP contribution in [0.15, 0.2) is 0 Å². The molecule has 0 aromatic carbocycles. The third kappa shape index (κ3) is 1.80. The molecule has 136 valence electrons. The van der Waals surface area contributed by atoms with Gasteiger partial charge in [0.1, 0.15) is 0 Å². The van der Waals surface area contributed by atoms with Crippen molar-refractivity contribution in [2.75, 3.05) is 0 Å². The molecule has 0 amide bonds. The van der Waals surface area contributed by atoms with Crippen LogP contribution in [0.25, 0.3) is 0 Å². The second-order valence-electron chi connectivity index (χ2n) is 10.8. The normalized spacial score (nSPS) is 59.5. The van der Waals surface area contributed by atoms with Gasteiger partial charge in [0.05, 0.1) is 11.0 Å². The van der Waals surface area contributed by atoms with Crippen LogP contribution in [0.3, 0.4) is 0 Å². The summed E-state index contributed by atoms with van der Waals surface area (Å²) in [7, 11) is 0. The maximum absolute atomic E-state index is 12.1. The van der Waals surface area contributed by atoms with Crippen molar-refractivity contribution < 1.29 is 15.0 Å². The maximum atomic E-state index is 12.1. The molecule has 0 heterocycles. The molecule has 3 nitrogen and oxygen atoms in total. The molecule has 0 aromatic heterocycles. The van der Waals surface area contributed by atoms with Gasteiger partial charge in [0, 0.05) is 0 Å². The van der Waals surface area contributed by atoms with Crippen LogP contribution >= 0.6 is 0 Å². The number of hydrogen-bond donors (Lipinski definition) is 2. The monoisotopic (exact) mass is 334 g/mol. The van der Waals surface area contributed by atoms with Crippen molar-refractivity contribution in [1.82, 2.24) is 0 Å². The highest BCUT2D eigenvalue weighted by Gasteiger charge is 2.70. The van der Waals surface area contributed by atoms with E-state index in [4.69, 9.17) is 0 Å². The standard InChI is InChI=1S/C21H34O3/c1-17-10-6-15-18(2)8-5-9-19(3,16(22)23)14(18)7-11-21(15,12-17)13-20(17,4)24/h14-15,24H,5-13H2,1-4H3,(H,22,23)/t14-,15-,17-,18?,19+,20+,21?/m0/s1. The van der Waals surface area contributed by atoms with E-state index in [9.17, 15) is 15.0 Å². The molecule has 7 atom stereocenters. The number of hydrogen-bond acceptors (Lipinski definition) is 2. The van der Waals surface area contributed by atoms with Crippen LogP contribution in [0.1, 0.15) is 85.5 Å². The van der Waals surface area contributed by atoms with E-state index in [1.54, 1.807) is 0 Å². The third-order valence-electron chi connectivity index (χ3n) is 9.65. The number of fused-ring (bicyclic) bond motifs is 3. The fourth-order valence-corrected chi connectivity index (χ4v) is 8.35. The van der Waals surface area contributed by atoms with Gasteiger partial charge in [-0.25, -0.2) is 0 Å². The van der Waals surface area contributed by atoms with E-state index in [0.29, 0.717) is 11.8 Å². The predicted octanol–water partition coefficient (Wildman–Crippen LogP) is 4.63. The van der Waals surface area contributed by atoms with Gasteiger partial charge in [0.15, 0.2) is 0 Å². The molecule has 0 radical (unpaired) electrons. The maximum Gasteiger partial charge on any atom is 0.309 e. The predicted molar refractivity (Wildman–Crippen MR) is 93.5 cm³/mol. The van der Waals surface area contributed by atoms with E-state index in [0.717, 1.165) is 44.9 Å². The van der Waals surface area contributed by atoms with Crippen LogP contribution in [0.2, 0.25) is 0 Å². The van der Waals surface area contributed by atoms with Crippen molar-refractivity contribution in [3.05, 3.63) is 0 Å². The molecule has 24 heavy (non-hydrogen) atoms. The second-order valence-corrected chi connectivity index (χ2v) is 10.8. The summed E-state index contributed by atoms with van der Waals surface area (Å²) in [6.45, 7) is 8.75. The Balaban J connectivity index is 1.76. The molecule has 0 saturated heterocycles. The molecule has 0 aromatic rings. The largest absolute Gasteiger partial charge is 0.481 e. The van der Waals surface area contributed by atoms with Crippen molar-refractivity contribution in [3.63, 3.8) is 0 Å². The Morgan fingerprint density at radius 3 is 2.25 bits per heavy atom. The Labute approximate surface area is 146 Å². The lowest BCUT2D eigenvalue weighted by Gasteiger charge is -2.63. The molecular formula is C21H34O3. The Bertz CT molecular complexity index is 580. The topological polar surface area (TPSA) is 57.5 Å². The Kier molecular flexibility index (Phi) is 3.22. The van der Waals surface area contributed by atoms with Crippen LogP contribution in [-0.2, 0) is 4.79 Å². The SMILES string of the molecule is CC12CCC[C@@](C)(C(=O)O)[C@H]1CCC13C[C@](C)(CC[C@H]12)[C@](C)(O)C3. The van der Waals surface area contributed by atoms with Crippen LogP contribution in [0.4, 0.5) is 0 Å². The summed E-state index contributed by atoms with van der Waals surface area (Å²) in [5.74, 6) is 0.292. The number of rotatable bonds is 1. The Morgan fingerprint density at radius 1 is 0.917 bits per heavy atom. The number of aliphatic carboxylic acids is 1. The van der Waals surface area contributed by atoms with E-state index in [-0.39, 0.29) is 16.2 Å². The molecule has 3 heteroatoms. The number of carboxylic acid groups (broad SMARTS) is 1. The molecule has 4 saturated carbocycles. The third-order valence-corrected chi connectivity index (χ3v) is 9.65. The van der Waals surface area contributed by atoms with Crippen molar-refractivity contribution in [2.24, 2.45) is 33.5 Å². The lowest BCUT2D eigenvalue weighted by atomic mass is 9.40. The van der Waals surface area contributed by atoms with Gasteiger partial charge in [-0.15, -0.1) is 0 Å². The average Bonchev–Trinajstić information content (AvgIpc) is 2.59. The highest BCUT2D eigenvalue weighted by atomic mass is 16.4. The quantitative estimate of drug-likeness (QED) is 0.735. The van der Waals surface area contributed by atoms with Crippen LogP contribution in [-0.4, -0.2) is 21.8 Å². The zero-order chi connectivity index (χ0) is 17.6. The van der Waals surface area contributed by atoms with Crippen molar-refractivity contribution >= 4 is 5.97 Å². The van der Waals surface area contributed by atoms with E-state index in [1.807, 2.05) is 6.92 Å². The van der Waals surface area contributed by atoms with Gasteiger partial charge in [-0.3, -0.25) is 4.79 Å². The van der Waals surface area contributed by atoms with Crippen molar-refractivity contribution in [2.45, 2.75) is 91.1 Å². The summed E-state index contributed by atoms with van der Waals surface area (Å²) in [4.78, 5) is 12.1. The first-order chi connectivity index (χ1) is 11.0. The number of carbonyl (C=O) groups is 1. The summed E-state index contributed by atoms with van der Waals surface area (Å²) in [6.07, 6.45) is 9.53. The summed E-state index contributed by atoms with van der Waals surface area (Å²) in [5.41, 5.74) is -0.687. The van der Waals surface area contributed by atoms with Crippen molar-refractivity contribution in [1.29, 1.82) is 0 Å². The van der Waals surface area contributed by atoms with E-state index >= 15 is 0 Å². The minimum absolute atomic E-state index is 0.0530. The Morgan fingerprint density at radius 2 is 1.58 bits per heavy atom. The van der Waals surface area contributed by atoms with Gasteiger partial charge in [0.2, 0.25) is 0 Å². The van der Waals surface area contributed by atoms with E-state index < -0.39 is 17.0 Å². The summed E-state index contributed by atoms with van der Waals surface area (Å²) >= 11 is 0. The summed E-state index contributed by atoms with van der Waals surface area (Å²) < 4.78 is 0. The lowest BCUT2D eigenvalue weighted by molar-refractivity contribution is -0.182. The van der Waals surface area contributed by atoms with Gasteiger partial charge < -0.3 is 10.2 Å². The van der Waals surface area contributed by atoms with Gasteiger partial charge in [-0.1, -0.05) is 20.3 Å². The Hall–Kier alpha value is -0.570. The van der Waals surface area contributed by atoms with Gasteiger partial charge >= 0.3 is 5.97 Å². The lowest BCUT2D eigenvalue weighted by Crippen LogP contribution is -2.58. The van der Waals surface area contributed by atoms with Crippen LogP contribution in [0.5, 0.6) is 0 Å². The molecule has 4 aliphatic rings. The number of aliphatic hydroxyl groups is 1. The fourth-order valence-electron chi connectivity index (χ4n) is 8.35. The molecule has 2 N–H and O–H groups in total. The minimum Gasteiger partial charge on any atom is -0.481 e. The first kappa shape index (κ1) is 16.9. The molecule has 2 unspecified atom stereocenters. The molecule has 1 spiro atoms. The zero-order valence-corrected chi connectivity index (χ0v) is 15.8. The second kappa shape index (κ2) is 4.58. The zero-order valence-electron chi connectivity index (χ0n) is 15.8. The summed E-state index contributed by atoms with van der Waals surface area (Å²) in [6, 6.07) is 0. The smallest absolute Gasteiger partial charge is 0.309 e. The van der Waals surface area contributed by atoms with Gasteiger partial charge in [-0.2, -0.15) is 0 Å². The van der Waals surface area contributed by atoms with Gasteiger partial charge in [0.25, 0.3) is 0 Å². The average molecular weight is 335 g/mol. The first-order valence-corrected chi connectivity index (χ1v) is 9.95. The highest BCUT2D eigenvalue weighted by Crippen LogP contribution is 2.75. The fraction of sp³-hybridized carbons (Fsp3) is 0.952. The van der Waals surface area contributed by atoms with Gasteiger partial charge in [-0.05, 0) is 93.3 Å². The van der Waals surface area contributed by atoms with E-state index in [1.165, 1.54) is 12.8 Å². The first-order valence-electron chi connectivity index (χ1n) is 9.95. The molecule has 0 aliphatic heterocycles.